The van der Waals surface area contributed by atoms with Gasteiger partial charge >= 0.3 is 0 Å². The number of hydrogen-bond donors (Lipinski definition) is 6. The van der Waals surface area contributed by atoms with Gasteiger partial charge in [0, 0.05) is 102 Å². The van der Waals surface area contributed by atoms with Crippen LogP contribution in [0.15, 0.2) is 56.4 Å². The topological polar surface area (TPSA) is 312 Å². The van der Waals surface area contributed by atoms with E-state index in [9.17, 15) is 45.6 Å². The van der Waals surface area contributed by atoms with E-state index in [-0.39, 0.29) is 57.8 Å². The number of alkyl halides is 2. The number of aliphatic imine (C=N–C) groups is 4. The molecule has 12 aliphatic rings. The number of benzene rings is 2. The smallest absolute Gasteiger partial charge is 0.254 e. The van der Waals surface area contributed by atoms with Crippen LogP contribution in [0.5, 0.6) is 0 Å². The molecule has 698 valence electrons. The molecule has 0 unspecified atom stereocenters. The van der Waals surface area contributed by atoms with Gasteiger partial charge in [0.2, 0.25) is 37.0 Å². The number of nitrogens with one attached hydrogen (secondary N) is 6. The summed E-state index contributed by atoms with van der Waals surface area (Å²) in [6, 6.07) is 10.7. The Morgan fingerprint density at radius 1 is 0.452 bits per heavy atom. The van der Waals surface area contributed by atoms with Crippen LogP contribution in [0.25, 0.3) is 0 Å². The second-order valence-corrected chi connectivity index (χ2v) is 43.1. The summed E-state index contributed by atoms with van der Waals surface area (Å²) in [4.78, 5) is 102. The third-order valence-corrected chi connectivity index (χ3v) is 30.7. The van der Waals surface area contributed by atoms with Gasteiger partial charge in [-0.3, -0.25) is 44.7 Å². The zero-order valence-corrected chi connectivity index (χ0v) is 81.5. The van der Waals surface area contributed by atoms with Crippen LogP contribution in [0.1, 0.15) is 289 Å². The minimum Gasteiger partial charge on any atom is -0.345 e. The van der Waals surface area contributed by atoms with Crippen LogP contribution in [-0.2, 0) is 51.1 Å². The summed E-state index contributed by atoms with van der Waals surface area (Å²) >= 11 is 11.0. The normalized spacial score (nSPS) is 21.3. The molecular formula is C92H151Cl3N16O10S3. The summed E-state index contributed by atoms with van der Waals surface area (Å²) in [6.45, 7) is 23.7. The molecule has 32 heteroatoms. The van der Waals surface area contributed by atoms with Gasteiger partial charge in [0.1, 0.15) is 22.2 Å². The van der Waals surface area contributed by atoms with Crippen LogP contribution in [-0.4, -0.2) is 256 Å². The number of sulfonamides is 1. The molecule has 14 rings (SSSR count). The Hall–Kier alpha value is -5.66. The van der Waals surface area contributed by atoms with Crippen molar-refractivity contribution in [3.8, 4) is 0 Å². The lowest BCUT2D eigenvalue weighted by atomic mass is 9.82. The molecule has 6 N–H and O–H groups in total. The number of amidine groups is 1. The van der Waals surface area contributed by atoms with Crippen LogP contribution < -0.4 is 31.9 Å². The summed E-state index contributed by atoms with van der Waals surface area (Å²) in [7, 11) is 4.99. The minimum atomic E-state index is -3.48. The lowest BCUT2D eigenvalue weighted by Crippen LogP contribution is -2.51. The molecule has 10 heterocycles. The van der Waals surface area contributed by atoms with E-state index in [0.29, 0.717) is 55.9 Å². The third kappa shape index (κ3) is 30.8. The number of hydrogen-bond acceptors (Lipinski definition) is 20. The van der Waals surface area contributed by atoms with Crippen LogP contribution in [0, 0.1) is 37.5 Å². The number of carbonyl (C=O) groups is 6. The molecule has 2 saturated carbocycles. The molecule has 6 saturated heterocycles. The Labute approximate surface area is 762 Å². The summed E-state index contributed by atoms with van der Waals surface area (Å²) in [5.74, 6) is 5.98. The molecule has 2 aromatic carbocycles. The molecule has 26 nitrogen and oxygen atoms in total. The maximum atomic E-state index is 13.2. The number of amides is 6. The van der Waals surface area contributed by atoms with Gasteiger partial charge in [-0.05, 0) is 232 Å². The first-order valence-electron chi connectivity index (χ1n) is 46.8. The van der Waals surface area contributed by atoms with Gasteiger partial charge in [0.05, 0.1) is 16.8 Å². The van der Waals surface area contributed by atoms with Crippen molar-refractivity contribution in [2.75, 3.05) is 130 Å². The number of rotatable bonds is 21. The van der Waals surface area contributed by atoms with Crippen LogP contribution in [0.3, 0.4) is 0 Å². The van der Waals surface area contributed by atoms with E-state index in [1.165, 1.54) is 167 Å². The molecule has 4 spiro atoms. The van der Waals surface area contributed by atoms with Gasteiger partial charge < -0.3 is 40.4 Å². The number of guanidine groups is 3. The van der Waals surface area contributed by atoms with Crippen LogP contribution >= 0.6 is 45.6 Å². The number of unbranched alkanes of at least 4 members (excludes halogenated alkanes) is 4. The quantitative estimate of drug-likeness (QED) is 0.0500. The van der Waals surface area contributed by atoms with Crippen molar-refractivity contribution >= 4 is 123 Å². The summed E-state index contributed by atoms with van der Waals surface area (Å²) < 4.78 is 49.6. The van der Waals surface area contributed by atoms with Gasteiger partial charge in [-0.1, -0.05) is 167 Å². The number of likely N-dealkylation sites (tertiary alicyclic amines) is 3. The maximum absolute atomic E-state index is 13.2. The Balaban J connectivity index is 0.000000193. The predicted octanol–water partition coefficient (Wildman–Crippen LogP) is 14.3. The predicted molar refractivity (Wildman–Crippen MR) is 508 cm³/mol. The Bertz CT molecular complexity index is 4040. The van der Waals surface area contributed by atoms with Crippen LogP contribution in [0.4, 0.5) is 0 Å². The third-order valence-electron chi connectivity index (χ3n) is 27.1. The van der Waals surface area contributed by atoms with E-state index >= 15 is 0 Å². The highest BCUT2D eigenvalue weighted by Gasteiger charge is 2.51. The van der Waals surface area contributed by atoms with Crippen molar-refractivity contribution in [3.05, 3.63) is 69.8 Å². The summed E-state index contributed by atoms with van der Waals surface area (Å²) in [5, 5.41) is 19.7. The van der Waals surface area contributed by atoms with E-state index in [2.05, 4.69) is 79.3 Å². The largest absolute Gasteiger partial charge is 0.345 e. The van der Waals surface area contributed by atoms with Gasteiger partial charge in [0.25, 0.3) is 35.4 Å². The van der Waals surface area contributed by atoms with Crippen molar-refractivity contribution in [2.45, 2.75) is 295 Å². The zero-order chi connectivity index (χ0) is 90.1. The number of piperidine rings is 6. The Morgan fingerprint density at radius 3 is 1.10 bits per heavy atom. The monoisotopic (exact) mass is 1840 g/mol. The standard InChI is InChI=1S/C28H43N5O4S.C17H29N3O.C16H28N4O.C12H16ClNO3S.C9H14N2OS.C9H19N.CH2Cl2/c1-5-6-7-22-10-15-32(16-11-22)27-29-26(35)28(30-27)13-17-33(18-14-28)38(36,37)19-12-23-8-9-24(20-21(23)2)25(34)31(3)4;1-2-3-7-14-8-12-20(13-9-14)16-18-15(21)17(19-16)10-5-4-6-11-17;1-2-3-4-13-5-11-20(12-6-13)15-18-14(21)16(19-15)7-9-17-10-8-16;1-9-8-11(12(15)14(2)3)5-4-10(9)6-7-18(13,16)17;1-13-8-10-7(12)9(11-8)5-3-2-4-6-9;1-2-3-4-9-5-7-10-8-6-9;2-1-3/h8-9,20,22H,5-7,10-19H2,1-4H3,(H,29,30,35);14H,2-13H2,1H3,(H,18,19,21);13,17H,2-12H2,1H3,(H,18,19,21);4-5,8H,6-7H2,1-3H3;2-6H2,1H3,(H,10,11,12);9-10H,2-8H2,1H3;1H2. The molecule has 2 aromatic rings. The molecule has 6 amide bonds. The Morgan fingerprint density at radius 2 is 0.774 bits per heavy atom. The van der Waals surface area contributed by atoms with Gasteiger partial charge in [-0.15, -0.1) is 23.2 Å². The molecule has 2 aliphatic carbocycles. The van der Waals surface area contributed by atoms with Gasteiger partial charge in [-0.2, -0.15) is 0 Å². The fourth-order valence-electron chi connectivity index (χ4n) is 18.9. The molecule has 0 atom stereocenters. The summed E-state index contributed by atoms with van der Waals surface area (Å²) in [5.41, 5.74) is 2.67. The van der Waals surface area contributed by atoms with Gasteiger partial charge in [-0.25, -0.2) is 41.1 Å². The molecular weight excluding hydrogens is 1690 g/mol. The first-order valence-corrected chi connectivity index (χ1v) is 53.2. The zero-order valence-electron chi connectivity index (χ0n) is 76.7. The first kappa shape index (κ1) is 104. The number of carbonyl (C=O) groups excluding carboxylic acids is 6. The average molecular weight is 1840 g/mol. The number of aryl methyl sites for hydroxylation is 4. The first-order chi connectivity index (χ1) is 59.3. The lowest BCUT2D eigenvalue weighted by molar-refractivity contribution is -0.125. The average Bonchev–Trinajstić information content (AvgIpc) is 1.66. The minimum absolute atomic E-state index is 0.00446. The fourth-order valence-corrected chi connectivity index (χ4v) is 21.5. The van der Waals surface area contributed by atoms with E-state index < -0.39 is 35.7 Å². The van der Waals surface area contributed by atoms with Crippen molar-refractivity contribution in [1.29, 1.82) is 0 Å². The number of thioether (sulfide) groups is 1. The van der Waals surface area contributed by atoms with E-state index in [1.54, 1.807) is 52.5 Å². The van der Waals surface area contributed by atoms with Crippen LogP contribution in [0.2, 0.25) is 0 Å². The molecule has 124 heavy (non-hydrogen) atoms. The second kappa shape index (κ2) is 51.1. The molecule has 0 radical (unpaired) electrons. The lowest BCUT2D eigenvalue weighted by Gasteiger charge is -2.35. The summed E-state index contributed by atoms with van der Waals surface area (Å²) in [6.07, 6.45) is 42.1. The van der Waals surface area contributed by atoms with E-state index in [1.807, 2.05) is 32.2 Å². The number of nitrogens with zero attached hydrogens (tertiary/aromatic N) is 10. The van der Waals surface area contributed by atoms with E-state index in [0.717, 1.165) is 192 Å². The Kier molecular flexibility index (Phi) is 42.7. The highest BCUT2D eigenvalue weighted by atomic mass is 35.7. The van der Waals surface area contributed by atoms with E-state index in [4.69, 9.17) is 48.9 Å². The molecule has 10 aliphatic heterocycles. The SMILES string of the molecule is CCCCC1CCN(C2=NC3(CCCCC3)C(=O)N2)CC1.CCCCC1CCN(C2=NC3(CCN(S(=O)(=O)CCc4ccc(C(=O)N(C)C)cc4C)CC3)C(=O)N2)CC1.CCCCC1CCN(C2=NC3(CCNCC3)C(=O)N2)CC1.CCCCC1CCNCC1.CSC1=NC2(CCCCC2)C(=O)N1.Cc1cc(C(=O)N(C)C)ccc1CCS(=O)(=O)Cl.ClCCl. The highest BCUT2D eigenvalue weighted by Crippen LogP contribution is 2.39. The van der Waals surface area contributed by atoms with Crippen molar-refractivity contribution in [3.63, 3.8) is 0 Å². The number of halogens is 3. The van der Waals surface area contributed by atoms with Crippen molar-refractivity contribution < 1.29 is 45.6 Å². The van der Waals surface area contributed by atoms with Gasteiger partial charge in [0.15, 0.2) is 5.17 Å². The fraction of sp³-hybridized carbons (Fsp3) is 0.761. The highest BCUT2D eigenvalue weighted by molar-refractivity contribution is 8.13. The molecule has 0 bridgehead atoms. The van der Waals surface area contributed by atoms with Crippen molar-refractivity contribution in [2.24, 2.45) is 43.6 Å². The molecule has 8 fully saturated rings. The molecule has 0 aromatic heterocycles. The van der Waals surface area contributed by atoms with Crippen molar-refractivity contribution in [1.82, 2.24) is 60.7 Å². The maximum Gasteiger partial charge on any atom is 0.254 e. The second-order valence-electron chi connectivity index (χ2n) is 36.5.